The van der Waals surface area contributed by atoms with E-state index in [0.29, 0.717) is 0 Å². The fraction of sp³-hybridized carbons (Fsp3) is 0.0769. The zero-order valence-electron chi connectivity index (χ0n) is 9.30. The van der Waals surface area contributed by atoms with Gasteiger partial charge in [-0.2, -0.15) is 0 Å². The fourth-order valence-electron chi connectivity index (χ4n) is 1.52. The molecule has 0 aliphatic heterocycles. The minimum atomic E-state index is 0.807. The second kappa shape index (κ2) is 5.10. The second-order valence-electron chi connectivity index (χ2n) is 3.79. The summed E-state index contributed by atoms with van der Waals surface area (Å²) in [6, 6.07) is 11.9. The smallest absolute Gasteiger partial charge is 0.0673 e. The van der Waals surface area contributed by atoms with Crippen LogP contribution in [-0.4, -0.2) is 0 Å². The summed E-state index contributed by atoms with van der Waals surface area (Å²) in [5, 5.41) is 3.36. The highest BCUT2D eigenvalue weighted by Crippen LogP contribution is 2.33. The molecule has 0 aromatic heterocycles. The molecule has 4 heteroatoms. The quantitative estimate of drug-likeness (QED) is 0.756. The molecule has 0 amide bonds. The van der Waals surface area contributed by atoms with Gasteiger partial charge in [0.05, 0.1) is 5.69 Å². The van der Waals surface area contributed by atoms with Gasteiger partial charge in [-0.05, 0) is 74.7 Å². The van der Waals surface area contributed by atoms with Crippen LogP contribution in [0.4, 0.5) is 17.1 Å². The van der Waals surface area contributed by atoms with E-state index in [-0.39, 0.29) is 0 Å². The Bertz CT molecular complexity index is 533. The average Bonchev–Trinajstić information content (AvgIpc) is 2.28. The highest BCUT2D eigenvalue weighted by molar-refractivity contribution is 9.11. The van der Waals surface area contributed by atoms with E-state index in [9.17, 15) is 0 Å². The monoisotopic (exact) mass is 354 g/mol. The zero-order chi connectivity index (χ0) is 12.4. The maximum atomic E-state index is 5.80. The van der Waals surface area contributed by atoms with Gasteiger partial charge < -0.3 is 11.1 Å². The Morgan fingerprint density at radius 1 is 1.06 bits per heavy atom. The van der Waals surface area contributed by atoms with Crippen LogP contribution in [0.15, 0.2) is 45.3 Å². The van der Waals surface area contributed by atoms with Gasteiger partial charge in [-0.15, -0.1) is 0 Å². The van der Waals surface area contributed by atoms with Crippen LogP contribution in [0, 0.1) is 6.92 Å². The molecule has 2 nitrogen and oxygen atoms in total. The topological polar surface area (TPSA) is 38.0 Å². The molecule has 0 aliphatic carbocycles. The molecular weight excluding hydrogens is 344 g/mol. The first-order valence-electron chi connectivity index (χ1n) is 5.15. The number of anilines is 3. The maximum Gasteiger partial charge on any atom is 0.0673 e. The third-order valence-corrected chi connectivity index (χ3v) is 3.82. The predicted octanol–water partition coefficient (Wildman–Crippen LogP) is 4.85. The van der Waals surface area contributed by atoms with Gasteiger partial charge in [0.25, 0.3) is 0 Å². The van der Waals surface area contributed by atoms with Gasteiger partial charge in [-0.25, -0.2) is 0 Å². The number of nitrogen functional groups attached to an aromatic ring is 1. The molecule has 2 rings (SSSR count). The summed E-state index contributed by atoms with van der Waals surface area (Å²) in [7, 11) is 0. The molecule has 2 aromatic carbocycles. The van der Waals surface area contributed by atoms with Crippen molar-refractivity contribution in [1.82, 2.24) is 0 Å². The minimum Gasteiger partial charge on any atom is -0.399 e. The number of para-hydroxylation sites is 1. The van der Waals surface area contributed by atoms with E-state index in [1.165, 1.54) is 0 Å². The van der Waals surface area contributed by atoms with E-state index < -0.39 is 0 Å². The number of hydrogen-bond acceptors (Lipinski definition) is 2. The Kier molecular flexibility index (Phi) is 3.74. The van der Waals surface area contributed by atoms with E-state index >= 15 is 0 Å². The molecular formula is C13H12Br2N2. The molecule has 0 fully saturated rings. The molecule has 0 unspecified atom stereocenters. The zero-order valence-corrected chi connectivity index (χ0v) is 12.5. The van der Waals surface area contributed by atoms with Crippen LogP contribution < -0.4 is 11.1 Å². The molecule has 0 heterocycles. The Morgan fingerprint density at radius 2 is 1.71 bits per heavy atom. The van der Waals surface area contributed by atoms with Crippen LogP contribution in [0.3, 0.4) is 0 Å². The number of nitrogens with one attached hydrogen (secondary N) is 1. The summed E-state index contributed by atoms with van der Waals surface area (Å²) in [6.45, 7) is 2.00. The fourth-order valence-corrected chi connectivity index (χ4v) is 2.71. The van der Waals surface area contributed by atoms with Gasteiger partial charge in [-0.1, -0.05) is 6.07 Å². The van der Waals surface area contributed by atoms with E-state index in [1.807, 2.05) is 43.3 Å². The van der Waals surface area contributed by atoms with Crippen molar-refractivity contribution in [2.45, 2.75) is 6.92 Å². The van der Waals surface area contributed by atoms with Crippen LogP contribution in [0.1, 0.15) is 5.56 Å². The molecule has 0 atom stereocenters. The molecule has 0 radical (unpaired) electrons. The Labute approximate surface area is 117 Å². The predicted molar refractivity (Wildman–Crippen MR) is 80.7 cm³/mol. The van der Waals surface area contributed by atoms with E-state index in [4.69, 9.17) is 5.73 Å². The number of aryl methyl sites for hydroxylation is 1. The lowest BCUT2D eigenvalue weighted by Crippen LogP contribution is -1.95. The Hall–Kier alpha value is -1.00. The first-order valence-corrected chi connectivity index (χ1v) is 6.73. The highest BCUT2D eigenvalue weighted by Gasteiger charge is 2.05. The number of rotatable bonds is 2. The Balaban J connectivity index is 2.35. The minimum absolute atomic E-state index is 0.807. The maximum absolute atomic E-state index is 5.80. The third kappa shape index (κ3) is 2.82. The van der Waals surface area contributed by atoms with Crippen LogP contribution in [-0.2, 0) is 0 Å². The van der Waals surface area contributed by atoms with Gasteiger partial charge >= 0.3 is 0 Å². The number of halogens is 2. The third-order valence-electron chi connectivity index (χ3n) is 2.50. The molecule has 3 N–H and O–H groups in total. The summed E-state index contributed by atoms with van der Waals surface area (Å²) in [5.41, 5.74) is 9.70. The van der Waals surface area contributed by atoms with E-state index in [2.05, 4.69) is 37.2 Å². The van der Waals surface area contributed by atoms with Crippen molar-refractivity contribution in [2.75, 3.05) is 11.1 Å². The van der Waals surface area contributed by atoms with Gasteiger partial charge in [0.15, 0.2) is 0 Å². The van der Waals surface area contributed by atoms with Crippen molar-refractivity contribution in [3.05, 3.63) is 50.9 Å². The van der Waals surface area contributed by atoms with Crippen molar-refractivity contribution in [3.63, 3.8) is 0 Å². The van der Waals surface area contributed by atoms with Crippen molar-refractivity contribution in [1.29, 1.82) is 0 Å². The molecule has 0 aliphatic rings. The molecule has 17 heavy (non-hydrogen) atoms. The van der Waals surface area contributed by atoms with Crippen LogP contribution in [0.2, 0.25) is 0 Å². The summed E-state index contributed by atoms with van der Waals surface area (Å²) in [6.07, 6.45) is 0. The molecule has 88 valence electrons. The number of benzene rings is 2. The van der Waals surface area contributed by atoms with Crippen molar-refractivity contribution >= 4 is 48.9 Å². The first-order chi connectivity index (χ1) is 8.08. The first kappa shape index (κ1) is 12.5. The molecule has 0 spiro atoms. The highest BCUT2D eigenvalue weighted by atomic mass is 79.9. The van der Waals surface area contributed by atoms with Gasteiger partial charge in [0.1, 0.15) is 0 Å². The number of hydrogen-bond donors (Lipinski definition) is 2. The van der Waals surface area contributed by atoms with Crippen molar-refractivity contribution in [2.24, 2.45) is 0 Å². The van der Waals surface area contributed by atoms with Gasteiger partial charge in [0.2, 0.25) is 0 Å². The largest absolute Gasteiger partial charge is 0.399 e. The summed E-state index contributed by atoms with van der Waals surface area (Å²) < 4.78 is 2.03. The van der Waals surface area contributed by atoms with Gasteiger partial charge in [0, 0.05) is 20.3 Å². The summed E-state index contributed by atoms with van der Waals surface area (Å²) in [4.78, 5) is 0. The SMILES string of the molecule is Cc1cc(Nc2c(Br)cccc2Br)ccc1N. The lowest BCUT2D eigenvalue weighted by atomic mass is 10.2. The van der Waals surface area contributed by atoms with Crippen LogP contribution >= 0.6 is 31.9 Å². The average molecular weight is 356 g/mol. The normalized spacial score (nSPS) is 10.3. The molecule has 0 saturated carbocycles. The summed E-state index contributed by atoms with van der Waals surface area (Å²) >= 11 is 7.04. The standard InChI is InChI=1S/C13H12Br2N2/c1-8-7-9(5-6-12(8)16)17-13-10(14)3-2-4-11(13)15/h2-7,17H,16H2,1H3. The van der Waals surface area contributed by atoms with Crippen molar-refractivity contribution in [3.8, 4) is 0 Å². The van der Waals surface area contributed by atoms with Crippen LogP contribution in [0.25, 0.3) is 0 Å². The summed E-state index contributed by atoms with van der Waals surface area (Å²) in [5.74, 6) is 0. The molecule has 2 aromatic rings. The van der Waals surface area contributed by atoms with E-state index in [1.54, 1.807) is 0 Å². The van der Waals surface area contributed by atoms with Crippen molar-refractivity contribution < 1.29 is 0 Å². The molecule has 0 bridgehead atoms. The molecule has 0 saturated heterocycles. The lowest BCUT2D eigenvalue weighted by Gasteiger charge is -2.12. The second-order valence-corrected chi connectivity index (χ2v) is 5.50. The lowest BCUT2D eigenvalue weighted by molar-refractivity contribution is 1.44. The van der Waals surface area contributed by atoms with Gasteiger partial charge in [-0.3, -0.25) is 0 Å². The number of nitrogens with two attached hydrogens (primary N) is 1. The Morgan fingerprint density at radius 3 is 2.29 bits per heavy atom. The van der Waals surface area contributed by atoms with Crippen LogP contribution in [0.5, 0.6) is 0 Å². The van der Waals surface area contributed by atoms with E-state index in [0.717, 1.165) is 31.6 Å².